The molecule has 0 aromatic heterocycles. The lowest BCUT2D eigenvalue weighted by Gasteiger charge is -2.15. The molecular formula is C11H22N4O. The van der Waals surface area contributed by atoms with Crippen molar-refractivity contribution in [2.45, 2.75) is 38.8 Å². The van der Waals surface area contributed by atoms with Crippen LogP contribution in [0.25, 0.3) is 0 Å². The van der Waals surface area contributed by atoms with Crippen LogP contribution in [0.3, 0.4) is 0 Å². The highest BCUT2D eigenvalue weighted by atomic mass is 16.2. The lowest BCUT2D eigenvalue weighted by Crippen LogP contribution is -2.42. The summed E-state index contributed by atoms with van der Waals surface area (Å²) in [6.07, 6.45) is 2.39. The lowest BCUT2D eigenvalue weighted by atomic mass is 10.4. The Hall–Kier alpha value is -1.26. The molecule has 0 aromatic rings. The first-order valence-corrected chi connectivity index (χ1v) is 5.76. The molecule has 5 nitrogen and oxygen atoms in total. The van der Waals surface area contributed by atoms with Crippen molar-refractivity contribution in [1.29, 1.82) is 0 Å². The Kier molecular flexibility index (Phi) is 4.58. The molecule has 1 aliphatic carbocycles. The van der Waals surface area contributed by atoms with Crippen molar-refractivity contribution in [2.24, 2.45) is 4.99 Å². The Bertz CT molecular complexity index is 263. The van der Waals surface area contributed by atoms with Crippen LogP contribution in [0.5, 0.6) is 0 Å². The monoisotopic (exact) mass is 226 g/mol. The predicted molar refractivity (Wildman–Crippen MR) is 65.4 cm³/mol. The van der Waals surface area contributed by atoms with Crippen molar-refractivity contribution < 1.29 is 4.79 Å². The van der Waals surface area contributed by atoms with E-state index in [1.165, 1.54) is 12.8 Å². The van der Waals surface area contributed by atoms with E-state index in [0.717, 1.165) is 5.96 Å². The largest absolute Gasteiger partial charge is 0.354 e. The van der Waals surface area contributed by atoms with Gasteiger partial charge in [-0.1, -0.05) is 0 Å². The first-order chi connectivity index (χ1) is 7.49. The van der Waals surface area contributed by atoms with E-state index in [2.05, 4.69) is 29.5 Å². The molecule has 0 bridgehead atoms. The van der Waals surface area contributed by atoms with Crippen LogP contribution in [0.2, 0.25) is 0 Å². The molecule has 1 rings (SSSR count). The van der Waals surface area contributed by atoms with Gasteiger partial charge in [-0.25, -0.2) is 4.99 Å². The highest BCUT2D eigenvalue weighted by Gasteiger charge is 2.22. The third kappa shape index (κ3) is 5.00. The van der Waals surface area contributed by atoms with E-state index >= 15 is 0 Å². The van der Waals surface area contributed by atoms with E-state index in [0.29, 0.717) is 12.1 Å². The van der Waals surface area contributed by atoms with Gasteiger partial charge in [0.15, 0.2) is 5.96 Å². The van der Waals surface area contributed by atoms with Gasteiger partial charge in [0.05, 0.1) is 0 Å². The minimum atomic E-state index is 0.0145. The number of likely N-dealkylation sites (N-methyl/N-ethyl adjacent to an activating group) is 1. The number of hydrogen-bond donors (Lipinski definition) is 2. The molecule has 16 heavy (non-hydrogen) atoms. The molecule has 0 spiro atoms. The topological polar surface area (TPSA) is 56.7 Å². The number of amides is 1. The summed E-state index contributed by atoms with van der Waals surface area (Å²) in [6, 6.07) is 0.860. The van der Waals surface area contributed by atoms with Crippen molar-refractivity contribution in [2.75, 3.05) is 20.6 Å². The van der Waals surface area contributed by atoms with Crippen LogP contribution in [0, 0.1) is 0 Å². The van der Waals surface area contributed by atoms with Gasteiger partial charge in [-0.2, -0.15) is 0 Å². The number of nitrogens with one attached hydrogen (secondary N) is 2. The number of guanidine groups is 1. The number of carbonyl (C=O) groups is 1. The first kappa shape index (κ1) is 12.8. The predicted octanol–water partition coefficient (Wildman–Crippen LogP) is 0.181. The summed E-state index contributed by atoms with van der Waals surface area (Å²) in [4.78, 5) is 17.2. The van der Waals surface area contributed by atoms with Gasteiger partial charge in [0.2, 0.25) is 5.91 Å². The third-order valence-corrected chi connectivity index (χ3v) is 2.21. The van der Waals surface area contributed by atoms with E-state index in [9.17, 15) is 4.79 Å². The Balaban J connectivity index is 2.45. The van der Waals surface area contributed by atoms with Crippen LogP contribution in [-0.2, 0) is 4.79 Å². The summed E-state index contributed by atoms with van der Waals surface area (Å²) in [5, 5.41) is 6.50. The highest BCUT2D eigenvalue weighted by Crippen LogP contribution is 2.18. The summed E-state index contributed by atoms with van der Waals surface area (Å²) < 4.78 is 0. The standard InChI is InChI=1S/C11H22N4O/c1-8(2)13-11(14-9-5-6-9)12-7-10(16)15(3)4/h8-9H,5-7H2,1-4H3,(H2,12,13,14). The Morgan fingerprint density at radius 2 is 2.06 bits per heavy atom. The van der Waals surface area contributed by atoms with Crippen molar-refractivity contribution in [3.8, 4) is 0 Å². The molecule has 0 aromatic carbocycles. The van der Waals surface area contributed by atoms with Gasteiger partial charge in [0.25, 0.3) is 0 Å². The Labute approximate surface area is 97.3 Å². The smallest absolute Gasteiger partial charge is 0.243 e. The van der Waals surface area contributed by atoms with Gasteiger partial charge in [-0.15, -0.1) is 0 Å². The number of hydrogen-bond acceptors (Lipinski definition) is 2. The Morgan fingerprint density at radius 3 is 2.50 bits per heavy atom. The van der Waals surface area contributed by atoms with Gasteiger partial charge >= 0.3 is 0 Å². The molecule has 5 heteroatoms. The van der Waals surface area contributed by atoms with Crippen LogP contribution < -0.4 is 10.6 Å². The quantitative estimate of drug-likeness (QED) is 0.531. The molecule has 0 atom stereocenters. The zero-order chi connectivity index (χ0) is 12.1. The molecule has 0 unspecified atom stereocenters. The molecule has 1 fully saturated rings. The van der Waals surface area contributed by atoms with E-state index in [4.69, 9.17) is 0 Å². The van der Waals surface area contributed by atoms with Gasteiger partial charge in [0, 0.05) is 26.2 Å². The van der Waals surface area contributed by atoms with Crippen molar-refractivity contribution in [3.63, 3.8) is 0 Å². The fourth-order valence-corrected chi connectivity index (χ4v) is 1.12. The Morgan fingerprint density at radius 1 is 1.44 bits per heavy atom. The molecule has 1 amide bonds. The summed E-state index contributed by atoms with van der Waals surface area (Å²) in [5.74, 6) is 0.758. The third-order valence-electron chi connectivity index (χ3n) is 2.21. The maximum Gasteiger partial charge on any atom is 0.243 e. The molecule has 0 aliphatic heterocycles. The fourth-order valence-electron chi connectivity index (χ4n) is 1.12. The molecule has 1 aliphatic rings. The van der Waals surface area contributed by atoms with Gasteiger partial charge in [0.1, 0.15) is 6.54 Å². The molecule has 1 saturated carbocycles. The number of nitrogens with zero attached hydrogens (tertiary/aromatic N) is 2. The second-order valence-corrected chi connectivity index (χ2v) is 4.67. The SMILES string of the molecule is CC(C)NC(=NCC(=O)N(C)C)NC1CC1. The van der Waals surface area contributed by atoms with E-state index in [1.54, 1.807) is 19.0 Å². The molecule has 92 valence electrons. The minimum Gasteiger partial charge on any atom is -0.354 e. The zero-order valence-electron chi connectivity index (χ0n) is 10.6. The van der Waals surface area contributed by atoms with Crippen LogP contribution in [0.4, 0.5) is 0 Å². The highest BCUT2D eigenvalue weighted by molar-refractivity contribution is 5.85. The molecule has 0 heterocycles. The first-order valence-electron chi connectivity index (χ1n) is 5.76. The van der Waals surface area contributed by atoms with Gasteiger partial charge in [-0.05, 0) is 26.7 Å². The molecule has 0 radical (unpaired) electrons. The fraction of sp³-hybridized carbons (Fsp3) is 0.818. The summed E-state index contributed by atoms with van der Waals surface area (Å²) in [6.45, 7) is 4.30. The van der Waals surface area contributed by atoms with Crippen LogP contribution in [0.1, 0.15) is 26.7 Å². The van der Waals surface area contributed by atoms with Crippen molar-refractivity contribution in [1.82, 2.24) is 15.5 Å². The van der Waals surface area contributed by atoms with Crippen LogP contribution in [0.15, 0.2) is 4.99 Å². The number of aliphatic imine (C=N–C) groups is 1. The van der Waals surface area contributed by atoms with E-state index in [-0.39, 0.29) is 12.5 Å². The maximum atomic E-state index is 11.4. The average Bonchev–Trinajstić information content (AvgIpc) is 2.96. The van der Waals surface area contributed by atoms with Crippen LogP contribution >= 0.6 is 0 Å². The average molecular weight is 226 g/mol. The van der Waals surface area contributed by atoms with Crippen molar-refractivity contribution >= 4 is 11.9 Å². The van der Waals surface area contributed by atoms with Gasteiger partial charge < -0.3 is 15.5 Å². The second kappa shape index (κ2) is 5.72. The molecule has 0 saturated heterocycles. The summed E-state index contributed by atoms with van der Waals surface area (Å²) in [7, 11) is 3.48. The summed E-state index contributed by atoms with van der Waals surface area (Å²) >= 11 is 0. The summed E-state index contributed by atoms with van der Waals surface area (Å²) in [5.41, 5.74) is 0. The molecule has 2 N–H and O–H groups in total. The number of carbonyl (C=O) groups excluding carboxylic acids is 1. The zero-order valence-corrected chi connectivity index (χ0v) is 10.6. The molecular weight excluding hydrogens is 204 g/mol. The minimum absolute atomic E-state index is 0.0145. The van der Waals surface area contributed by atoms with E-state index < -0.39 is 0 Å². The normalized spacial score (nSPS) is 16.2. The number of rotatable bonds is 4. The van der Waals surface area contributed by atoms with Crippen LogP contribution in [-0.4, -0.2) is 49.5 Å². The lowest BCUT2D eigenvalue weighted by molar-refractivity contribution is -0.127. The van der Waals surface area contributed by atoms with E-state index in [1.807, 2.05) is 0 Å². The maximum absolute atomic E-state index is 11.4. The van der Waals surface area contributed by atoms with Gasteiger partial charge in [-0.3, -0.25) is 4.79 Å². The van der Waals surface area contributed by atoms with Crippen molar-refractivity contribution in [3.05, 3.63) is 0 Å². The second-order valence-electron chi connectivity index (χ2n) is 4.67.